The number of benzene rings is 1. The van der Waals surface area contributed by atoms with E-state index < -0.39 is 0 Å². The van der Waals surface area contributed by atoms with Gasteiger partial charge in [-0.3, -0.25) is 4.79 Å². The van der Waals surface area contributed by atoms with Gasteiger partial charge < -0.3 is 9.88 Å². The second-order valence-corrected chi connectivity index (χ2v) is 9.55. The predicted octanol–water partition coefficient (Wildman–Crippen LogP) is 5.58. The fraction of sp³-hybridized carbons (Fsp3) is 0.286. The molecule has 1 aromatic carbocycles. The van der Waals surface area contributed by atoms with Crippen LogP contribution < -0.4 is 0 Å². The molecule has 4 aromatic heterocycles. The lowest BCUT2D eigenvalue weighted by Gasteiger charge is -2.32. The molecule has 1 fully saturated rings. The maximum Gasteiger partial charge on any atom is 0.254 e. The third kappa shape index (κ3) is 3.77. The Hall–Kier alpha value is -4.00. The van der Waals surface area contributed by atoms with E-state index in [1.807, 2.05) is 58.2 Å². The number of aromatic nitrogens is 5. The molecule has 1 aliphatic heterocycles. The van der Waals surface area contributed by atoms with Gasteiger partial charge in [0.15, 0.2) is 5.65 Å². The molecule has 0 spiro atoms. The molecule has 5 aromatic rings. The van der Waals surface area contributed by atoms with Crippen molar-refractivity contribution in [3.8, 4) is 11.3 Å². The van der Waals surface area contributed by atoms with E-state index in [0.29, 0.717) is 11.5 Å². The summed E-state index contributed by atoms with van der Waals surface area (Å²) >= 11 is 0. The van der Waals surface area contributed by atoms with Crippen LogP contribution in [0.5, 0.6) is 0 Å². The maximum atomic E-state index is 13.8. The number of nitrogens with zero attached hydrogens (tertiary/aromatic N) is 5. The Morgan fingerprint density at radius 2 is 1.86 bits per heavy atom. The van der Waals surface area contributed by atoms with Crippen molar-refractivity contribution in [2.75, 3.05) is 13.1 Å². The van der Waals surface area contributed by atoms with Gasteiger partial charge in [0, 0.05) is 42.5 Å². The van der Waals surface area contributed by atoms with Crippen LogP contribution in [0.3, 0.4) is 0 Å². The largest absolute Gasteiger partial charge is 0.346 e. The molecule has 7 nitrogen and oxygen atoms in total. The molecule has 176 valence electrons. The molecule has 1 amide bonds. The van der Waals surface area contributed by atoms with E-state index >= 15 is 0 Å². The number of carbonyl (C=O) groups excluding carboxylic acids is 1. The summed E-state index contributed by atoms with van der Waals surface area (Å²) in [4.78, 5) is 28.4. The summed E-state index contributed by atoms with van der Waals surface area (Å²) in [6.07, 6.45) is 7.54. The zero-order valence-corrected chi connectivity index (χ0v) is 20.0. The number of rotatable bonds is 4. The third-order valence-electron chi connectivity index (χ3n) is 7.06. The molecule has 1 aliphatic rings. The van der Waals surface area contributed by atoms with Gasteiger partial charge in [0.1, 0.15) is 5.65 Å². The second-order valence-electron chi connectivity index (χ2n) is 9.55. The van der Waals surface area contributed by atoms with Crippen LogP contribution >= 0.6 is 0 Å². The van der Waals surface area contributed by atoms with Gasteiger partial charge in [-0.1, -0.05) is 30.3 Å². The molecule has 0 bridgehead atoms. The van der Waals surface area contributed by atoms with Crippen LogP contribution in [-0.4, -0.2) is 48.6 Å². The van der Waals surface area contributed by atoms with Crippen LogP contribution in [0.1, 0.15) is 54.6 Å². The Balaban J connectivity index is 1.31. The quantitative estimate of drug-likeness (QED) is 0.377. The molecule has 7 heteroatoms. The first kappa shape index (κ1) is 21.5. The average Bonchev–Trinajstić information content (AvgIpc) is 3.53. The summed E-state index contributed by atoms with van der Waals surface area (Å²) in [5, 5.41) is 6.56. The van der Waals surface area contributed by atoms with Gasteiger partial charge in [0.25, 0.3) is 5.91 Å². The van der Waals surface area contributed by atoms with E-state index in [-0.39, 0.29) is 11.9 Å². The van der Waals surface area contributed by atoms with Crippen molar-refractivity contribution < 1.29 is 4.79 Å². The van der Waals surface area contributed by atoms with E-state index in [4.69, 9.17) is 4.98 Å². The van der Waals surface area contributed by atoms with Crippen LogP contribution in [-0.2, 0) is 0 Å². The van der Waals surface area contributed by atoms with E-state index in [1.165, 1.54) is 10.9 Å². The Morgan fingerprint density at radius 1 is 1.06 bits per heavy atom. The molecule has 0 aliphatic carbocycles. The minimum atomic E-state index is 0.0527. The van der Waals surface area contributed by atoms with Crippen LogP contribution in [0.15, 0.2) is 67.1 Å². The van der Waals surface area contributed by atoms with Crippen molar-refractivity contribution in [1.29, 1.82) is 0 Å². The number of fused-ring (bicyclic) bond motifs is 2. The van der Waals surface area contributed by atoms with Crippen LogP contribution in [0, 0.1) is 0 Å². The van der Waals surface area contributed by atoms with E-state index in [0.717, 1.165) is 53.9 Å². The molecule has 1 saturated heterocycles. The fourth-order valence-electron chi connectivity index (χ4n) is 5.21. The van der Waals surface area contributed by atoms with Crippen molar-refractivity contribution in [1.82, 2.24) is 29.6 Å². The van der Waals surface area contributed by atoms with Gasteiger partial charge >= 0.3 is 0 Å². The highest BCUT2D eigenvalue weighted by atomic mass is 16.2. The summed E-state index contributed by atoms with van der Waals surface area (Å²) in [7, 11) is 0. The van der Waals surface area contributed by atoms with Gasteiger partial charge in [0.2, 0.25) is 0 Å². The number of amides is 1. The van der Waals surface area contributed by atoms with Crippen LogP contribution in [0.25, 0.3) is 33.3 Å². The molecule has 0 atom stereocenters. The number of H-pyrrole nitrogens is 1. The number of likely N-dealkylation sites (tertiary alicyclic amines) is 1. The standard InChI is InChI=1S/C28H28N6O/c1-18(2)34-27-24(17-31-34)22(15-25(32-27)20-7-4-3-5-8-20)28(35)33-13-10-19(11-14-33)23-16-30-26-21(23)9-6-12-29-26/h3-9,12,15-19H,10-11,13-14H2,1-2H3,(H,29,30). The van der Waals surface area contributed by atoms with Crippen molar-refractivity contribution in [3.63, 3.8) is 0 Å². The van der Waals surface area contributed by atoms with Gasteiger partial charge in [-0.05, 0) is 56.4 Å². The molecule has 0 radical (unpaired) electrons. The molecule has 6 rings (SSSR count). The van der Waals surface area contributed by atoms with Crippen LogP contribution in [0.2, 0.25) is 0 Å². The normalized spacial score (nSPS) is 14.9. The van der Waals surface area contributed by atoms with Crippen molar-refractivity contribution >= 4 is 28.0 Å². The number of aromatic amines is 1. The zero-order chi connectivity index (χ0) is 23.9. The number of nitrogens with one attached hydrogen (secondary N) is 1. The van der Waals surface area contributed by atoms with Crippen molar-refractivity contribution in [2.24, 2.45) is 0 Å². The molecule has 5 heterocycles. The summed E-state index contributed by atoms with van der Waals surface area (Å²) < 4.78 is 1.90. The summed E-state index contributed by atoms with van der Waals surface area (Å²) in [5.74, 6) is 0.468. The number of carbonyl (C=O) groups is 1. The summed E-state index contributed by atoms with van der Waals surface area (Å²) in [6.45, 7) is 5.60. The number of hydrogen-bond donors (Lipinski definition) is 1. The highest BCUT2D eigenvalue weighted by molar-refractivity contribution is 6.06. The highest BCUT2D eigenvalue weighted by Gasteiger charge is 2.28. The molecular formula is C28H28N6O. The number of pyridine rings is 2. The Kier molecular flexibility index (Phi) is 5.32. The lowest BCUT2D eigenvalue weighted by Crippen LogP contribution is -2.38. The number of piperidine rings is 1. The molecule has 0 saturated carbocycles. The lowest BCUT2D eigenvalue weighted by molar-refractivity contribution is 0.0715. The van der Waals surface area contributed by atoms with Gasteiger partial charge in [-0.25, -0.2) is 14.6 Å². The Morgan fingerprint density at radius 3 is 2.63 bits per heavy atom. The maximum absolute atomic E-state index is 13.8. The summed E-state index contributed by atoms with van der Waals surface area (Å²) in [5.41, 5.74) is 5.45. The van der Waals surface area contributed by atoms with Gasteiger partial charge in [-0.2, -0.15) is 5.10 Å². The van der Waals surface area contributed by atoms with Crippen LogP contribution in [0.4, 0.5) is 0 Å². The molecular weight excluding hydrogens is 436 g/mol. The molecule has 1 N–H and O–H groups in total. The minimum absolute atomic E-state index is 0.0527. The molecule has 0 unspecified atom stereocenters. The first-order valence-corrected chi connectivity index (χ1v) is 12.2. The smallest absolute Gasteiger partial charge is 0.254 e. The Labute approximate surface area is 203 Å². The SMILES string of the molecule is CC(C)n1ncc2c(C(=O)N3CCC(c4c[nH]c5ncccc45)CC3)cc(-c3ccccc3)nc21. The Bertz CT molecular complexity index is 1510. The second kappa shape index (κ2) is 8.65. The van der Waals surface area contributed by atoms with Gasteiger partial charge in [0.05, 0.1) is 22.8 Å². The van der Waals surface area contributed by atoms with Crippen molar-refractivity contribution in [3.05, 3.63) is 78.2 Å². The summed E-state index contributed by atoms with van der Waals surface area (Å²) in [6, 6.07) is 16.2. The van der Waals surface area contributed by atoms with E-state index in [9.17, 15) is 4.79 Å². The average molecular weight is 465 g/mol. The van der Waals surface area contributed by atoms with E-state index in [2.05, 4.69) is 41.2 Å². The fourth-order valence-corrected chi connectivity index (χ4v) is 5.21. The predicted molar refractivity (Wildman–Crippen MR) is 137 cm³/mol. The van der Waals surface area contributed by atoms with Gasteiger partial charge in [-0.15, -0.1) is 0 Å². The van der Waals surface area contributed by atoms with Crippen molar-refractivity contribution in [2.45, 2.75) is 38.6 Å². The first-order chi connectivity index (χ1) is 17.1. The molecule has 35 heavy (non-hydrogen) atoms. The highest BCUT2D eigenvalue weighted by Crippen LogP contribution is 2.34. The monoisotopic (exact) mass is 464 g/mol. The number of hydrogen-bond acceptors (Lipinski definition) is 4. The first-order valence-electron chi connectivity index (χ1n) is 12.2. The van der Waals surface area contributed by atoms with E-state index in [1.54, 1.807) is 6.20 Å². The topological polar surface area (TPSA) is 79.7 Å². The lowest BCUT2D eigenvalue weighted by atomic mass is 9.89. The third-order valence-corrected chi connectivity index (χ3v) is 7.06. The minimum Gasteiger partial charge on any atom is -0.346 e. The zero-order valence-electron chi connectivity index (χ0n) is 20.0.